The first-order chi connectivity index (χ1) is 9.68. The summed E-state index contributed by atoms with van der Waals surface area (Å²) in [6.07, 6.45) is 7.14. The highest BCUT2D eigenvalue weighted by atomic mass is 35.5. The van der Waals surface area contributed by atoms with Crippen LogP contribution in [0.3, 0.4) is 0 Å². The van der Waals surface area contributed by atoms with Gasteiger partial charge in [-0.15, -0.1) is 0 Å². The van der Waals surface area contributed by atoms with E-state index in [1.165, 1.54) is 6.20 Å². The molecule has 104 valence electrons. The van der Waals surface area contributed by atoms with Gasteiger partial charge in [-0.1, -0.05) is 24.4 Å². The van der Waals surface area contributed by atoms with E-state index in [1.54, 1.807) is 18.3 Å². The van der Waals surface area contributed by atoms with Gasteiger partial charge in [0, 0.05) is 6.20 Å². The zero-order valence-electron chi connectivity index (χ0n) is 10.8. The molecule has 0 saturated heterocycles. The van der Waals surface area contributed by atoms with Gasteiger partial charge < -0.3 is 0 Å². The van der Waals surface area contributed by atoms with Crippen molar-refractivity contribution in [2.24, 2.45) is 0 Å². The zero-order valence-corrected chi connectivity index (χ0v) is 11.6. The minimum absolute atomic E-state index is 0.134. The number of aromatic nitrogens is 3. The molecular weight excluding hydrogens is 278 g/mol. The normalized spacial score (nSPS) is 15.7. The summed E-state index contributed by atoms with van der Waals surface area (Å²) in [5, 5.41) is 0.173. The van der Waals surface area contributed by atoms with Gasteiger partial charge in [0.25, 0.3) is 5.56 Å². The van der Waals surface area contributed by atoms with Crippen LogP contribution in [0.2, 0.25) is 5.15 Å². The summed E-state index contributed by atoms with van der Waals surface area (Å²) in [6, 6.07) is 3.36. The molecule has 20 heavy (non-hydrogen) atoms. The largest absolute Gasteiger partial charge is 0.334 e. The summed E-state index contributed by atoms with van der Waals surface area (Å²) in [4.78, 5) is 31.2. The van der Waals surface area contributed by atoms with Gasteiger partial charge in [-0.3, -0.25) is 14.8 Å². The fourth-order valence-electron chi connectivity index (χ4n) is 2.81. The summed E-state index contributed by atoms with van der Waals surface area (Å²) in [5.41, 5.74) is 0.107. The second kappa shape index (κ2) is 5.25. The maximum atomic E-state index is 12.6. The first-order valence-electron chi connectivity index (χ1n) is 6.63. The minimum Gasteiger partial charge on any atom is -0.297 e. The zero-order chi connectivity index (χ0) is 14.1. The van der Waals surface area contributed by atoms with E-state index in [-0.39, 0.29) is 16.6 Å². The third kappa shape index (κ3) is 2.18. The molecular formula is C14H14ClN3O2. The summed E-state index contributed by atoms with van der Waals surface area (Å²) in [5.74, 6) is 0.134. The van der Waals surface area contributed by atoms with Gasteiger partial charge in [0.2, 0.25) is 0 Å². The topological polar surface area (TPSA) is 67.8 Å². The van der Waals surface area contributed by atoms with Gasteiger partial charge in [-0.2, -0.15) is 0 Å². The monoisotopic (exact) mass is 291 g/mol. The summed E-state index contributed by atoms with van der Waals surface area (Å²) >= 11 is 6.09. The molecule has 5 nitrogen and oxygen atoms in total. The van der Waals surface area contributed by atoms with E-state index in [0.717, 1.165) is 30.3 Å². The van der Waals surface area contributed by atoms with E-state index in [1.807, 2.05) is 0 Å². The lowest BCUT2D eigenvalue weighted by molar-refractivity contribution is 0.688. The average Bonchev–Trinajstić information content (AvgIpc) is 2.93. The molecule has 2 aromatic heterocycles. The lowest BCUT2D eigenvalue weighted by Gasteiger charge is -2.13. The van der Waals surface area contributed by atoms with Crippen LogP contribution in [0.5, 0.6) is 0 Å². The summed E-state index contributed by atoms with van der Waals surface area (Å²) < 4.78 is 1.10. The van der Waals surface area contributed by atoms with Crippen molar-refractivity contribution in [3.63, 3.8) is 0 Å². The Kier molecular flexibility index (Phi) is 3.44. The van der Waals surface area contributed by atoms with Crippen molar-refractivity contribution in [3.8, 4) is 5.69 Å². The molecule has 6 heteroatoms. The maximum absolute atomic E-state index is 12.6. The third-order valence-corrected chi connectivity index (χ3v) is 4.06. The van der Waals surface area contributed by atoms with Gasteiger partial charge in [-0.05, 0) is 30.9 Å². The Hall–Kier alpha value is -1.88. The number of nitrogens with one attached hydrogen (secondary N) is 1. The Morgan fingerprint density at radius 1 is 1.30 bits per heavy atom. The molecule has 1 fully saturated rings. The van der Waals surface area contributed by atoms with Crippen LogP contribution in [0.15, 0.2) is 34.1 Å². The number of nitrogens with zero attached hydrogens (tertiary/aromatic N) is 2. The lowest BCUT2D eigenvalue weighted by Crippen LogP contribution is -2.36. The molecule has 1 N–H and O–H groups in total. The fourth-order valence-corrected chi connectivity index (χ4v) is 3.13. The molecule has 0 bridgehead atoms. The van der Waals surface area contributed by atoms with Crippen LogP contribution in [0.4, 0.5) is 0 Å². The van der Waals surface area contributed by atoms with Crippen molar-refractivity contribution in [1.29, 1.82) is 0 Å². The Morgan fingerprint density at radius 3 is 2.70 bits per heavy atom. The number of halogens is 1. The van der Waals surface area contributed by atoms with E-state index in [4.69, 9.17) is 11.6 Å². The molecule has 0 spiro atoms. The standard InChI is InChI=1S/C14H14ClN3O2/c15-12-11(9-4-1-2-5-9)13(19)18(14(20)17-12)10-6-3-7-16-8-10/h3,6-9H,1-2,4-5H2,(H,17,20). The number of hydrogen-bond donors (Lipinski definition) is 1. The molecule has 1 aliphatic rings. The predicted octanol–water partition coefficient (Wildman–Crippen LogP) is 2.23. The highest BCUT2D eigenvalue weighted by molar-refractivity contribution is 6.30. The van der Waals surface area contributed by atoms with Crippen molar-refractivity contribution in [2.45, 2.75) is 31.6 Å². The van der Waals surface area contributed by atoms with Crippen molar-refractivity contribution in [1.82, 2.24) is 14.5 Å². The van der Waals surface area contributed by atoms with Crippen LogP contribution < -0.4 is 11.2 Å². The second-order valence-corrected chi connectivity index (χ2v) is 5.37. The van der Waals surface area contributed by atoms with Gasteiger partial charge in [0.1, 0.15) is 5.15 Å². The molecule has 0 aromatic carbocycles. The van der Waals surface area contributed by atoms with E-state index in [0.29, 0.717) is 11.3 Å². The Morgan fingerprint density at radius 2 is 2.05 bits per heavy atom. The highest BCUT2D eigenvalue weighted by Gasteiger charge is 2.25. The van der Waals surface area contributed by atoms with Crippen molar-refractivity contribution < 1.29 is 0 Å². The number of rotatable bonds is 2. The lowest BCUT2D eigenvalue weighted by atomic mass is 10.0. The first kappa shape index (κ1) is 13.1. The quantitative estimate of drug-likeness (QED) is 0.863. The predicted molar refractivity (Wildman–Crippen MR) is 76.7 cm³/mol. The second-order valence-electron chi connectivity index (χ2n) is 4.99. The molecule has 1 aliphatic carbocycles. The summed E-state index contributed by atoms with van der Waals surface area (Å²) in [7, 11) is 0. The molecule has 0 unspecified atom stereocenters. The van der Waals surface area contributed by atoms with Gasteiger partial charge >= 0.3 is 5.69 Å². The van der Waals surface area contributed by atoms with E-state index >= 15 is 0 Å². The fraction of sp³-hybridized carbons (Fsp3) is 0.357. The number of aromatic amines is 1. The molecule has 2 aromatic rings. The SMILES string of the molecule is O=c1[nH]c(Cl)c(C2CCCC2)c(=O)n1-c1cccnc1. The van der Waals surface area contributed by atoms with Crippen molar-refractivity contribution in [2.75, 3.05) is 0 Å². The van der Waals surface area contributed by atoms with Gasteiger partial charge in [0.05, 0.1) is 17.4 Å². The number of H-pyrrole nitrogens is 1. The molecule has 0 radical (unpaired) electrons. The maximum Gasteiger partial charge on any atom is 0.334 e. The van der Waals surface area contributed by atoms with Crippen LogP contribution in [0, 0.1) is 0 Å². The Balaban J connectivity index is 2.23. The molecule has 0 aliphatic heterocycles. The van der Waals surface area contributed by atoms with Crippen molar-refractivity contribution in [3.05, 3.63) is 56.1 Å². The van der Waals surface area contributed by atoms with Gasteiger partial charge in [-0.25, -0.2) is 9.36 Å². The molecule has 0 amide bonds. The van der Waals surface area contributed by atoms with E-state index in [2.05, 4.69) is 9.97 Å². The molecule has 0 atom stereocenters. The highest BCUT2D eigenvalue weighted by Crippen LogP contribution is 2.34. The van der Waals surface area contributed by atoms with Crippen LogP contribution in [0.25, 0.3) is 5.69 Å². The average molecular weight is 292 g/mol. The number of hydrogen-bond acceptors (Lipinski definition) is 3. The Bertz CT molecular complexity index is 730. The smallest absolute Gasteiger partial charge is 0.297 e. The van der Waals surface area contributed by atoms with E-state index in [9.17, 15) is 9.59 Å². The Labute approximate surface area is 120 Å². The van der Waals surface area contributed by atoms with Crippen LogP contribution in [-0.2, 0) is 0 Å². The molecule has 1 saturated carbocycles. The van der Waals surface area contributed by atoms with Gasteiger partial charge in [0.15, 0.2) is 0 Å². The first-order valence-corrected chi connectivity index (χ1v) is 7.01. The van der Waals surface area contributed by atoms with Crippen LogP contribution in [0.1, 0.15) is 37.2 Å². The molecule has 2 heterocycles. The van der Waals surface area contributed by atoms with Crippen molar-refractivity contribution >= 4 is 11.6 Å². The molecule has 3 rings (SSSR count). The third-order valence-electron chi connectivity index (χ3n) is 3.76. The van der Waals surface area contributed by atoms with E-state index < -0.39 is 5.69 Å². The van der Waals surface area contributed by atoms with Crippen LogP contribution in [-0.4, -0.2) is 14.5 Å². The number of pyridine rings is 1. The minimum atomic E-state index is -0.533. The van der Waals surface area contributed by atoms with Crippen LogP contribution >= 0.6 is 11.6 Å². The summed E-state index contributed by atoms with van der Waals surface area (Å²) in [6.45, 7) is 0.